The molecule has 0 saturated carbocycles. The highest BCUT2D eigenvalue weighted by atomic mass is 16.5. The van der Waals surface area contributed by atoms with Crippen molar-refractivity contribution in [1.82, 2.24) is 20.2 Å². The Morgan fingerprint density at radius 2 is 2.16 bits per heavy atom. The van der Waals surface area contributed by atoms with Crippen LogP contribution in [0.15, 0.2) is 24.3 Å². The minimum Gasteiger partial charge on any atom is -0.482 e. The lowest BCUT2D eigenvalue weighted by atomic mass is 10.2. The SMILES string of the molecule is Cn1nnnc1NCc1ccc(OCC(=O)O)cc1. The van der Waals surface area contributed by atoms with Crippen molar-refractivity contribution in [2.24, 2.45) is 7.05 Å². The molecule has 19 heavy (non-hydrogen) atoms. The highest BCUT2D eigenvalue weighted by Crippen LogP contribution is 2.13. The van der Waals surface area contributed by atoms with Crippen LogP contribution < -0.4 is 10.1 Å². The third-order valence-corrected chi connectivity index (χ3v) is 2.36. The van der Waals surface area contributed by atoms with E-state index < -0.39 is 5.97 Å². The quantitative estimate of drug-likeness (QED) is 0.771. The number of rotatable bonds is 6. The van der Waals surface area contributed by atoms with Crippen molar-refractivity contribution < 1.29 is 14.6 Å². The monoisotopic (exact) mass is 263 g/mol. The first-order valence-electron chi connectivity index (χ1n) is 5.55. The molecular weight excluding hydrogens is 250 g/mol. The Hall–Kier alpha value is -2.64. The van der Waals surface area contributed by atoms with Crippen molar-refractivity contribution in [3.8, 4) is 5.75 Å². The smallest absolute Gasteiger partial charge is 0.341 e. The van der Waals surface area contributed by atoms with Gasteiger partial charge in [0.1, 0.15) is 5.75 Å². The molecule has 0 unspecified atom stereocenters. The van der Waals surface area contributed by atoms with E-state index in [4.69, 9.17) is 9.84 Å². The molecule has 1 heterocycles. The summed E-state index contributed by atoms with van der Waals surface area (Å²) in [6, 6.07) is 7.12. The van der Waals surface area contributed by atoms with Crippen LogP contribution in [0.4, 0.5) is 5.95 Å². The summed E-state index contributed by atoms with van der Waals surface area (Å²) in [5.41, 5.74) is 1.01. The molecule has 0 radical (unpaired) electrons. The summed E-state index contributed by atoms with van der Waals surface area (Å²) in [5, 5.41) is 22.6. The third kappa shape index (κ3) is 3.66. The number of carboxylic acid groups (broad SMARTS) is 1. The molecule has 1 aromatic carbocycles. The normalized spacial score (nSPS) is 10.2. The summed E-state index contributed by atoms with van der Waals surface area (Å²) >= 11 is 0. The average Bonchev–Trinajstić information content (AvgIpc) is 2.81. The fraction of sp³-hybridized carbons (Fsp3) is 0.273. The van der Waals surface area contributed by atoms with Gasteiger partial charge in [-0.05, 0) is 28.1 Å². The Kier molecular flexibility index (Phi) is 3.91. The fourth-order valence-electron chi connectivity index (χ4n) is 1.41. The highest BCUT2D eigenvalue weighted by molar-refractivity contribution is 5.68. The Bertz CT molecular complexity index is 552. The number of aliphatic carboxylic acids is 1. The molecule has 8 heteroatoms. The summed E-state index contributed by atoms with van der Waals surface area (Å²) in [6.45, 7) is 0.218. The van der Waals surface area contributed by atoms with Crippen LogP contribution in [-0.2, 0) is 18.4 Å². The number of benzene rings is 1. The van der Waals surface area contributed by atoms with E-state index in [1.165, 1.54) is 4.68 Å². The van der Waals surface area contributed by atoms with Crippen molar-refractivity contribution in [2.45, 2.75) is 6.54 Å². The molecule has 8 nitrogen and oxygen atoms in total. The van der Waals surface area contributed by atoms with Gasteiger partial charge in [-0.3, -0.25) is 0 Å². The second kappa shape index (κ2) is 5.80. The number of tetrazole rings is 1. The maximum Gasteiger partial charge on any atom is 0.341 e. The highest BCUT2D eigenvalue weighted by Gasteiger charge is 2.02. The van der Waals surface area contributed by atoms with Gasteiger partial charge in [0.2, 0.25) is 5.95 Å². The molecule has 100 valence electrons. The standard InChI is InChI=1S/C11H13N5O3/c1-16-11(13-14-15-16)12-6-8-2-4-9(5-3-8)19-7-10(17)18/h2-5H,6-7H2,1H3,(H,17,18)(H,12,13,15). The zero-order valence-electron chi connectivity index (χ0n) is 10.3. The third-order valence-electron chi connectivity index (χ3n) is 2.36. The molecule has 0 amide bonds. The number of hydrogen-bond donors (Lipinski definition) is 2. The number of ether oxygens (including phenoxy) is 1. The van der Waals surface area contributed by atoms with Gasteiger partial charge in [-0.25, -0.2) is 9.48 Å². The van der Waals surface area contributed by atoms with E-state index >= 15 is 0 Å². The molecule has 0 bridgehead atoms. The molecule has 2 aromatic rings. The maximum absolute atomic E-state index is 10.3. The molecule has 0 atom stereocenters. The molecule has 2 rings (SSSR count). The first-order chi connectivity index (χ1) is 9.15. The number of hydrogen-bond acceptors (Lipinski definition) is 6. The van der Waals surface area contributed by atoms with Gasteiger partial charge in [0, 0.05) is 13.6 Å². The molecule has 1 aromatic heterocycles. The van der Waals surface area contributed by atoms with E-state index in [0.29, 0.717) is 18.2 Å². The lowest BCUT2D eigenvalue weighted by molar-refractivity contribution is -0.139. The summed E-state index contributed by atoms with van der Waals surface area (Å²) in [7, 11) is 1.74. The number of carboxylic acids is 1. The molecule has 0 fully saturated rings. The van der Waals surface area contributed by atoms with Crippen LogP contribution in [0.3, 0.4) is 0 Å². The van der Waals surface area contributed by atoms with Crippen LogP contribution in [0.1, 0.15) is 5.56 Å². The van der Waals surface area contributed by atoms with Crippen LogP contribution in [0.2, 0.25) is 0 Å². The van der Waals surface area contributed by atoms with Gasteiger partial charge in [-0.2, -0.15) is 0 Å². The van der Waals surface area contributed by atoms with Crippen LogP contribution >= 0.6 is 0 Å². The number of aryl methyl sites for hydroxylation is 1. The van der Waals surface area contributed by atoms with Crippen LogP contribution in [-0.4, -0.2) is 37.9 Å². The number of aromatic nitrogens is 4. The van der Waals surface area contributed by atoms with Crippen molar-refractivity contribution in [3.05, 3.63) is 29.8 Å². The van der Waals surface area contributed by atoms with E-state index in [-0.39, 0.29) is 6.61 Å². The fourth-order valence-corrected chi connectivity index (χ4v) is 1.41. The number of nitrogens with one attached hydrogen (secondary N) is 1. The largest absolute Gasteiger partial charge is 0.482 e. The summed E-state index contributed by atoms with van der Waals surface area (Å²) in [5.74, 6) is 0.0956. The topological polar surface area (TPSA) is 102 Å². The zero-order valence-corrected chi connectivity index (χ0v) is 10.3. The van der Waals surface area contributed by atoms with Crippen LogP contribution in [0, 0.1) is 0 Å². The van der Waals surface area contributed by atoms with Gasteiger partial charge < -0.3 is 15.2 Å². The Balaban J connectivity index is 1.88. The van der Waals surface area contributed by atoms with E-state index in [1.807, 2.05) is 12.1 Å². The number of carbonyl (C=O) groups is 1. The van der Waals surface area contributed by atoms with E-state index in [0.717, 1.165) is 5.56 Å². The van der Waals surface area contributed by atoms with E-state index in [9.17, 15) is 4.79 Å². The zero-order chi connectivity index (χ0) is 13.7. The van der Waals surface area contributed by atoms with Gasteiger partial charge in [0.15, 0.2) is 6.61 Å². The maximum atomic E-state index is 10.3. The second-order valence-corrected chi connectivity index (χ2v) is 3.81. The minimum absolute atomic E-state index is 0.345. The van der Waals surface area contributed by atoms with Gasteiger partial charge in [0.25, 0.3) is 0 Å². The van der Waals surface area contributed by atoms with Crippen molar-refractivity contribution in [3.63, 3.8) is 0 Å². The van der Waals surface area contributed by atoms with Gasteiger partial charge in [-0.15, -0.1) is 0 Å². The van der Waals surface area contributed by atoms with Crippen molar-refractivity contribution >= 4 is 11.9 Å². The predicted molar refractivity (Wildman–Crippen MR) is 65.7 cm³/mol. The van der Waals surface area contributed by atoms with Gasteiger partial charge >= 0.3 is 5.97 Å². The first-order valence-corrected chi connectivity index (χ1v) is 5.55. The molecule has 0 aliphatic carbocycles. The molecular formula is C11H13N5O3. The lowest BCUT2D eigenvalue weighted by Crippen LogP contribution is -2.09. The predicted octanol–water partition coefficient (Wildman–Crippen LogP) is 0.286. The Morgan fingerprint density at radius 3 is 2.74 bits per heavy atom. The van der Waals surface area contributed by atoms with Gasteiger partial charge in [0.05, 0.1) is 0 Å². The number of anilines is 1. The van der Waals surface area contributed by atoms with Crippen LogP contribution in [0.5, 0.6) is 5.75 Å². The Labute approximate surface area is 109 Å². The molecule has 0 aliphatic rings. The summed E-state index contributed by atoms with van der Waals surface area (Å²) in [6.07, 6.45) is 0. The van der Waals surface area contributed by atoms with Crippen molar-refractivity contribution in [1.29, 1.82) is 0 Å². The van der Waals surface area contributed by atoms with Crippen LogP contribution in [0.25, 0.3) is 0 Å². The second-order valence-electron chi connectivity index (χ2n) is 3.81. The molecule has 0 spiro atoms. The minimum atomic E-state index is -1.000. The van der Waals surface area contributed by atoms with E-state index in [1.54, 1.807) is 19.2 Å². The molecule has 0 saturated heterocycles. The summed E-state index contributed by atoms with van der Waals surface area (Å²) in [4.78, 5) is 10.3. The molecule has 2 N–H and O–H groups in total. The van der Waals surface area contributed by atoms with Crippen molar-refractivity contribution in [2.75, 3.05) is 11.9 Å². The first kappa shape index (κ1) is 12.8. The van der Waals surface area contributed by atoms with Gasteiger partial charge in [-0.1, -0.05) is 17.2 Å². The lowest BCUT2D eigenvalue weighted by Gasteiger charge is -2.06. The summed E-state index contributed by atoms with van der Waals surface area (Å²) < 4.78 is 6.57. The molecule has 0 aliphatic heterocycles. The average molecular weight is 263 g/mol. The van der Waals surface area contributed by atoms with E-state index in [2.05, 4.69) is 20.8 Å². The number of nitrogens with zero attached hydrogens (tertiary/aromatic N) is 4. The Morgan fingerprint density at radius 1 is 1.42 bits per heavy atom.